The molecule has 0 saturated carbocycles. The van der Waals surface area contributed by atoms with Gasteiger partial charge in [0.05, 0.1) is 6.54 Å². The van der Waals surface area contributed by atoms with Gasteiger partial charge in [0.1, 0.15) is 6.61 Å². The molecule has 0 radical (unpaired) electrons. The van der Waals surface area contributed by atoms with Crippen molar-refractivity contribution >= 4 is 11.9 Å². The average Bonchev–Trinajstić information content (AvgIpc) is 2.40. The quantitative estimate of drug-likeness (QED) is 0.807. The molecule has 1 saturated heterocycles. The molecule has 0 N–H and O–H groups in total. The van der Waals surface area contributed by atoms with E-state index in [1.54, 1.807) is 0 Å². The van der Waals surface area contributed by atoms with Gasteiger partial charge in [-0.05, 0) is 5.56 Å². The van der Waals surface area contributed by atoms with Crippen LogP contribution >= 0.6 is 0 Å². The molecule has 0 aliphatic carbocycles. The van der Waals surface area contributed by atoms with Crippen LogP contribution in [0, 0.1) is 0 Å². The minimum absolute atomic E-state index is 0.0571. The highest BCUT2D eigenvalue weighted by molar-refractivity contribution is 5.85. The number of ether oxygens (including phenoxy) is 1. The Morgan fingerprint density at radius 3 is 2.78 bits per heavy atom. The SMILES string of the molecule is O=C1CCN(C(=O)OCc2ccccc2)C[C@H]1F. The fourth-order valence-corrected chi connectivity index (χ4v) is 1.76. The van der Waals surface area contributed by atoms with Crippen LogP contribution in [0.5, 0.6) is 0 Å². The third kappa shape index (κ3) is 3.06. The molecular weight excluding hydrogens is 237 g/mol. The fraction of sp³-hybridized carbons (Fsp3) is 0.385. The van der Waals surface area contributed by atoms with Gasteiger partial charge in [-0.1, -0.05) is 30.3 Å². The third-order valence-corrected chi connectivity index (χ3v) is 2.82. The van der Waals surface area contributed by atoms with Crippen LogP contribution in [0.3, 0.4) is 0 Å². The maximum absolute atomic E-state index is 13.2. The molecule has 1 atom stereocenters. The number of Topliss-reactive ketones (excluding diaryl/α,β-unsaturated/α-hetero) is 1. The number of ketones is 1. The summed E-state index contributed by atoms with van der Waals surface area (Å²) in [5.41, 5.74) is 0.871. The van der Waals surface area contributed by atoms with Crippen molar-refractivity contribution in [3.63, 3.8) is 0 Å². The maximum Gasteiger partial charge on any atom is 0.410 e. The van der Waals surface area contributed by atoms with Crippen LogP contribution in [-0.4, -0.2) is 36.0 Å². The average molecular weight is 251 g/mol. The first-order valence-electron chi connectivity index (χ1n) is 5.79. The number of nitrogens with zero attached hydrogens (tertiary/aromatic N) is 1. The minimum atomic E-state index is -1.58. The molecule has 5 heteroatoms. The van der Waals surface area contributed by atoms with Gasteiger partial charge in [0, 0.05) is 13.0 Å². The molecule has 1 aromatic rings. The van der Waals surface area contributed by atoms with Crippen LogP contribution in [0.1, 0.15) is 12.0 Å². The number of alkyl halides is 1. The lowest BCUT2D eigenvalue weighted by atomic mass is 10.1. The molecule has 1 heterocycles. The van der Waals surface area contributed by atoms with Gasteiger partial charge in [-0.15, -0.1) is 0 Å². The molecule has 1 aromatic carbocycles. The van der Waals surface area contributed by atoms with E-state index in [0.29, 0.717) is 0 Å². The standard InChI is InChI=1S/C13H14FNO3/c14-11-8-15(7-6-12(11)16)13(17)18-9-10-4-2-1-3-5-10/h1-5,11H,6-9H2/t11-/m1/s1. The van der Waals surface area contributed by atoms with Gasteiger partial charge in [-0.25, -0.2) is 9.18 Å². The molecule has 18 heavy (non-hydrogen) atoms. The summed E-state index contributed by atoms with van der Waals surface area (Å²) < 4.78 is 18.2. The first-order chi connectivity index (χ1) is 8.66. The van der Waals surface area contributed by atoms with Crippen molar-refractivity contribution in [2.75, 3.05) is 13.1 Å². The van der Waals surface area contributed by atoms with Crippen LogP contribution in [0.4, 0.5) is 9.18 Å². The van der Waals surface area contributed by atoms with E-state index >= 15 is 0 Å². The van der Waals surface area contributed by atoms with E-state index in [9.17, 15) is 14.0 Å². The Hall–Kier alpha value is -1.91. The number of carbonyl (C=O) groups excluding carboxylic acids is 2. The lowest BCUT2D eigenvalue weighted by molar-refractivity contribution is -0.126. The summed E-state index contributed by atoms with van der Waals surface area (Å²) in [6.45, 7) is 0.181. The zero-order valence-corrected chi connectivity index (χ0v) is 9.84. The van der Waals surface area contributed by atoms with Gasteiger partial charge in [-0.2, -0.15) is 0 Å². The Bertz CT molecular complexity index is 435. The zero-order valence-electron chi connectivity index (χ0n) is 9.84. The first-order valence-corrected chi connectivity index (χ1v) is 5.79. The van der Waals surface area contributed by atoms with Gasteiger partial charge < -0.3 is 9.64 Å². The molecule has 0 aromatic heterocycles. The molecule has 0 spiro atoms. The van der Waals surface area contributed by atoms with Gasteiger partial charge >= 0.3 is 6.09 Å². The van der Waals surface area contributed by atoms with Crippen molar-refractivity contribution in [3.05, 3.63) is 35.9 Å². The van der Waals surface area contributed by atoms with Crippen molar-refractivity contribution in [2.24, 2.45) is 0 Å². The van der Waals surface area contributed by atoms with E-state index in [0.717, 1.165) is 5.56 Å². The molecule has 0 bridgehead atoms. The number of hydrogen-bond donors (Lipinski definition) is 0. The number of hydrogen-bond acceptors (Lipinski definition) is 3. The fourth-order valence-electron chi connectivity index (χ4n) is 1.76. The summed E-state index contributed by atoms with van der Waals surface area (Å²) in [7, 11) is 0. The van der Waals surface area contributed by atoms with Crippen LogP contribution in [0.25, 0.3) is 0 Å². The number of halogens is 1. The summed E-state index contributed by atoms with van der Waals surface area (Å²) >= 11 is 0. The smallest absolute Gasteiger partial charge is 0.410 e. The minimum Gasteiger partial charge on any atom is -0.445 e. The second-order valence-electron chi connectivity index (χ2n) is 4.17. The number of carbonyl (C=O) groups is 2. The molecule has 1 fully saturated rings. The molecule has 2 rings (SSSR count). The second-order valence-corrected chi connectivity index (χ2v) is 4.17. The largest absolute Gasteiger partial charge is 0.445 e. The van der Waals surface area contributed by atoms with E-state index in [1.807, 2.05) is 30.3 Å². The monoisotopic (exact) mass is 251 g/mol. The van der Waals surface area contributed by atoms with Gasteiger partial charge in [0.2, 0.25) is 0 Å². The predicted octanol–water partition coefficient (Wildman–Crippen LogP) is 1.94. The summed E-state index contributed by atoms with van der Waals surface area (Å²) in [4.78, 5) is 23.9. The Kier molecular flexibility index (Phi) is 3.92. The highest BCUT2D eigenvalue weighted by Crippen LogP contribution is 2.12. The third-order valence-electron chi connectivity index (χ3n) is 2.82. The topological polar surface area (TPSA) is 46.6 Å². The first kappa shape index (κ1) is 12.5. The molecule has 1 aliphatic rings. The maximum atomic E-state index is 13.2. The molecule has 1 amide bonds. The summed E-state index contributed by atoms with van der Waals surface area (Å²) in [5.74, 6) is -0.442. The highest BCUT2D eigenvalue weighted by Gasteiger charge is 2.30. The molecule has 4 nitrogen and oxygen atoms in total. The van der Waals surface area contributed by atoms with Gasteiger partial charge in [0.15, 0.2) is 12.0 Å². The van der Waals surface area contributed by atoms with Crippen molar-refractivity contribution in [2.45, 2.75) is 19.2 Å². The van der Waals surface area contributed by atoms with Gasteiger partial charge in [-0.3, -0.25) is 4.79 Å². The summed E-state index contributed by atoms with van der Waals surface area (Å²) in [6, 6.07) is 9.24. The number of piperidine rings is 1. The molecule has 0 unspecified atom stereocenters. The lowest BCUT2D eigenvalue weighted by Gasteiger charge is -2.27. The second kappa shape index (κ2) is 5.62. The van der Waals surface area contributed by atoms with E-state index in [4.69, 9.17) is 4.74 Å². The van der Waals surface area contributed by atoms with Crippen molar-refractivity contribution in [1.82, 2.24) is 4.90 Å². The van der Waals surface area contributed by atoms with Crippen molar-refractivity contribution in [3.8, 4) is 0 Å². The predicted molar refractivity (Wildman–Crippen MR) is 62.7 cm³/mol. The zero-order chi connectivity index (χ0) is 13.0. The number of amides is 1. The summed E-state index contributed by atoms with van der Waals surface area (Å²) in [6.07, 6.45) is -2.10. The van der Waals surface area contributed by atoms with Crippen LogP contribution in [0.15, 0.2) is 30.3 Å². The number of benzene rings is 1. The van der Waals surface area contributed by atoms with Crippen molar-refractivity contribution in [1.29, 1.82) is 0 Å². The lowest BCUT2D eigenvalue weighted by Crippen LogP contribution is -2.45. The molecular formula is C13H14FNO3. The normalized spacial score (nSPS) is 19.7. The number of likely N-dealkylation sites (tertiary alicyclic amines) is 1. The summed E-state index contributed by atoms with van der Waals surface area (Å²) in [5, 5.41) is 0. The van der Waals surface area contributed by atoms with Gasteiger partial charge in [0.25, 0.3) is 0 Å². The number of rotatable bonds is 2. The van der Waals surface area contributed by atoms with E-state index in [-0.39, 0.29) is 26.1 Å². The van der Waals surface area contributed by atoms with E-state index in [2.05, 4.69) is 0 Å². The Balaban J connectivity index is 1.83. The van der Waals surface area contributed by atoms with E-state index < -0.39 is 18.0 Å². The Labute approximate surface area is 104 Å². The Morgan fingerprint density at radius 2 is 2.11 bits per heavy atom. The molecule has 96 valence electrons. The van der Waals surface area contributed by atoms with Crippen LogP contribution in [0.2, 0.25) is 0 Å². The van der Waals surface area contributed by atoms with E-state index in [1.165, 1.54) is 4.90 Å². The van der Waals surface area contributed by atoms with Crippen LogP contribution < -0.4 is 0 Å². The Morgan fingerprint density at radius 1 is 1.39 bits per heavy atom. The molecule has 1 aliphatic heterocycles. The highest BCUT2D eigenvalue weighted by atomic mass is 19.1. The van der Waals surface area contributed by atoms with Crippen LogP contribution in [-0.2, 0) is 16.1 Å². The van der Waals surface area contributed by atoms with Crippen molar-refractivity contribution < 1.29 is 18.7 Å².